The monoisotopic (exact) mass is 222 g/mol. The summed E-state index contributed by atoms with van der Waals surface area (Å²) in [7, 11) is 0. The molecule has 0 saturated carbocycles. The summed E-state index contributed by atoms with van der Waals surface area (Å²) in [5, 5.41) is 19.0. The number of rotatable bonds is 2. The first-order chi connectivity index (χ1) is 7.61. The lowest BCUT2D eigenvalue weighted by Crippen LogP contribution is -2.22. The molecule has 88 valence electrons. The average Bonchev–Trinajstić information content (AvgIpc) is 2.58. The summed E-state index contributed by atoms with van der Waals surface area (Å²) in [4.78, 5) is 2.00. The molecule has 4 heteroatoms. The lowest BCUT2D eigenvalue weighted by Gasteiger charge is -2.20. The highest BCUT2D eigenvalue weighted by Gasteiger charge is 2.30. The zero-order valence-corrected chi connectivity index (χ0v) is 9.43. The molecule has 1 saturated heterocycles. The molecule has 0 bridgehead atoms. The van der Waals surface area contributed by atoms with Gasteiger partial charge in [0.2, 0.25) is 0 Å². The van der Waals surface area contributed by atoms with Crippen LogP contribution in [0.4, 0.5) is 5.69 Å². The Morgan fingerprint density at radius 2 is 1.94 bits per heavy atom. The highest BCUT2D eigenvalue weighted by molar-refractivity contribution is 5.55. The second kappa shape index (κ2) is 4.41. The summed E-state index contributed by atoms with van der Waals surface area (Å²) in [5.41, 5.74) is 8.86. The van der Waals surface area contributed by atoms with Gasteiger partial charge in [0, 0.05) is 25.3 Å². The van der Waals surface area contributed by atoms with Crippen LogP contribution in [0.2, 0.25) is 0 Å². The summed E-state index contributed by atoms with van der Waals surface area (Å²) < 4.78 is 0. The van der Waals surface area contributed by atoms with E-state index in [0.717, 1.165) is 16.8 Å². The molecule has 2 unspecified atom stereocenters. The van der Waals surface area contributed by atoms with E-state index in [-0.39, 0.29) is 0 Å². The molecular weight excluding hydrogens is 204 g/mol. The first-order valence-corrected chi connectivity index (χ1v) is 5.52. The lowest BCUT2D eigenvalue weighted by atomic mass is 10.1. The van der Waals surface area contributed by atoms with Crippen molar-refractivity contribution in [1.82, 2.24) is 0 Å². The molecule has 1 aliphatic rings. The third kappa shape index (κ3) is 2.04. The Morgan fingerprint density at radius 1 is 1.31 bits per heavy atom. The fraction of sp³-hybridized carbons (Fsp3) is 0.500. The van der Waals surface area contributed by atoms with Crippen molar-refractivity contribution in [2.45, 2.75) is 25.7 Å². The smallest absolute Gasteiger partial charge is 0.0990 e. The van der Waals surface area contributed by atoms with Crippen LogP contribution in [0.25, 0.3) is 0 Å². The minimum Gasteiger partial charge on any atom is -0.389 e. The van der Waals surface area contributed by atoms with E-state index in [2.05, 4.69) is 0 Å². The number of hydrogen-bond acceptors (Lipinski definition) is 4. The quantitative estimate of drug-likeness (QED) is 0.658. The van der Waals surface area contributed by atoms with Crippen molar-refractivity contribution in [2.24, 2.45) is 5.73 Å². The molecule has 0 aliphatic carbocycles. The van der Waals surface area contributed by atoms with Crippen molar-refractivity contribution in [1.29, 1.82) is 0 Å². The Morgan fingerprint density at radius 3 is 2.44 bits per heavy atom. The maximum absolute atomic E-state index is 9.51. The van der Waals surface area contributed by atoms with Gasteiger partial charge in [-0.05, 0) is 24.1 Å². The number of anilines is 1. The van der Waals surface area contributed by atoms with Gasteiger partial charge in [0.25, 0.3) is 0 Å². The summed E-state index contributed by atoms with van der Waals surface area (Å²) in [6, 6.07) is 6.04. The number of benzene rings is 1. The molecule has 0 aromatic heterocycles. The summed E-state index contributed by atoms with van der Waals surface area (Å²) in [6.45, 7) is 3.53. The summed E-state index contributed by atoms with van der Waals surface area (Å²) in [6.07, 6.45) is -1.29. The molecule has 1 fully saturated rings. The van der Waals surface area contributed by atoms with Crippen LogP contribution < -0.4 is 10.6 Å². The van der Waals surface area contributed by atoms with E-state index in [4.69, 9.17) is 5.73 Å². The standard InChI is InChI=1S/C12H18N2O2/c1-8-4-9(5-13)2-3-10(8)14-6-11(15)12(16)7-14/h2-4,11-12,15-16H,5-7,13H2,1H3. The first kappa shape index (κ1) is 11.4. The summed E-state index contributed by atoms with van der Waals surface area (Å²) in [5.74, 6) is 0. The van der Waals surface area contributed by atoms with E-state index >= 15 is 0 Å². The highest BCUT2D eigenvalue weighted by atomic mass is 16.3. The van der Waals surface area contributed by atoms with Gasteiger partial charge >= 0.3 is 0 Å². The predicted octanol–water partition coefficient (Wildman–Crippen LogP) is -0.00448. The van der Waals surface area contributed by atoms with Gasteiger partial charge in [0.1, 0.15) is 0 Å². The van der Waals surface area contributed by atoms with Crippen LogP contribution in [-0.4, -0.2) is 35.5 Å². The van der Waals surface area contributed by atoms with E-state index in [9.17, 15) is 10.2 Å². The fourth-order valence-corrected chi connectivity index (χ4v) is 2.17. The first-order valence-electron chi connectivity index (χ1n) is 5.52. The second-order valence-electron chi connectivity index (χ2n) is 4.36. The summed E-state index contributed by atoms with van der Waals surface area (Å²) >= 11 is 0. The Kier molecular flexibility index (Phi) is 3.14. The van der Waals surface area contributed by atoms with Gasteiger partial charge in [0.15, 0.2) is 0 Å². The molecule has 2 atom stereocenters. The number of nitrogens with two attached hydrogens (primary N) is 1. The third-order valence-corrected chi connectivity index (χ3v) is 3.10. The Bertz CT molecular complexity index is 371. The minimum atomic E-state index is -0.645. The van der Waals surface area contributed by atoms with E-state index in [0.29, 0.717) is 19.6 Å². The Hall–Kier alpha value is -1.10. The second-order valence-corrected chi connectivity index (χ2v) is 4.36. The number of aryl methyl sites for hydroxylation is 1. The van der Waals surface area contributed by atoms with Crippen LogP contribution in [0, 0.1) is 6.92 Å². The van der Waals surface area contributed by atoms with Crippen molar-refractivity contribution in [3.63, 3.8) is 0 Å². The number of aliphatic hydroxyl groups excluding tert-OH is 2. The number of aliphatic hydroxyl groups is 2. The molecule has 1 aliphatic heterocycles. The van der Waals surface area contributed by atoms with Gasteiger partial charge in [-0.1, -0.05) is 12.1 Å². The van der Waals surface area contributed by atoms with Crippen molar-refractivity contribution in [3.05, 3.63) is 29.3 Å². The molecule has 16 heavy (non-hydrogen) atoms. The predicted molar refractivity (Wildman–Crippen MR) is 63.3 cm³/mol. The molecule has 0 amide bonds. The normalized spacial score (nSPS) is 25.1. The van der Waals surface area contributed by atoms with E-state index in [1.165, 1.54) is 0 Å². The molecular formula is C12H18N2O2. The van der Waals surface area contributed by atoms with Crippen LogP contribution in [0.5, 0.6) is 0 Å². The zero-order valence-electron chi connectivity index (χ0n) is 9.43. The van der Waals surface area contributed by atoms with Crippen LogP contribution in [0.15, 0.2) is 18.2 Å². The van der Waals surface area contributed by atoms with Gasteiger partial charge < -0.3 is 20.8 Å². The molecule has 1 aromatic rings. The zero-order chi connectivity index (χ0) is 11.7. The molecule has 2 rings (SSSR count). The molecule has 1 heterocycles. The minimum absolute atomic E-state index is 0.490. The SMILES string of the molecule is Cc1cc(CN)ccc1N1CC(O)C(O)C1. The van der Waals surface area contributed by atoms with E-state index < -0.39 is 12.2 Å². The van der Waals surface area contributed by atoms with Crippen molar-refractivity contribution in [3.8, 4) is 0 Å². The average molecular weight is 222 g/mol. The fourth-order valence-electron chi connectivity index (χ4n) is 2.17. The highest BCUT2D eigenvalue weighted by Crippen LogP contribution is 2.25. The third-order valence-electron chi connectivity index (χ3n) is 3.10. The van der Waals surface area contributed by atoms with Crippen LogP contribution in [0.1, 0.15) is 11.1 Å². The number of nitrogens with zero attached hydrogens (tertiary/aromatic N) is 1. The maximum atomic E-state index is 9.51. The van der Waals surface area contributed by atoms with Crippen LogP contribution >= 0.6 is 0 Å². The van der Waals surface area contributed by atoms with Gasteiger partial charge in [-0.2, -0.15) is 0 Å². The van der Waals surface area contributed by atoms with E-state index in [1.807, 2.05) is 30.0 Å². The molecule has 1 aromatic carbocycles. The van der Waals surface area contributed by atoms with Gasteiger partial charge in [-0.15, -0.1) is 0 Å². The molecule has 0 radical (unpaired) electrons. The van der Waals surface area contributed by atoms with Gasteiger partial charge in [-0.3, -0.25) is 0 Å². The van der Waals surface area contributed by atoms with Crippen molar-refractivity contribution in [2.75, 3.05) is 18.0 Å². The van der Waals surface area contributed by atoms with Crippen LogP contribution in [-0.2, 0) is 6.54 Å². The number of β-amino-alcohol motifs (C(OH)–C–C–N with tert-alkyl or cyclic N) is 2. The molecule has 0 spiro atoms. The largest absolute Gasteiger partial charge is 0.389 e. The molecule has 4 nitrogen and oxygen atoms in total. The topological polar surface area (TPSA) is 69.7 Å². The maximum Gasteiger partial charge on any atom is 0.0990 e. The Labute approximate surface area is 95.3 Å². The van der Waals surface area contributed by atoms with Crippen LogP contribution in [0.3, 0.4) is 0 Å². The Balaban J connectivity index is 2.22. The lowest BCUT2D eigenvalue weighted by molar-refractivity contribution is 0.0572. The van der Waals surface area contributed by atoms with E-state index in [1.54, 1.807) is 0 Å². The van der Waals surface area contributed by atoms with Gasteiger partial charge in [0.05, 0.1) is 12.2 Å². The number of hydrogen-bond donors (Lipinski definition) is 3. The molecule has 4 N–H and O–H groups in total. The van der Waals surface area contributed by atoms with Crippen molar-refractivity contribution < 1.29 is 10.2 Å². The van der Waals surface area contributed by atoms with Crippen molar-refractivity contribution >= 4 is 5.69 Å². The van der Waals surface area contributed by atoms with Gasteiger partial charge in [-0.25, -0.2) is 0 Å².